The first-order chi connectivity index (χ1) is 8.78. The molecule has 0 aliphatic rings. The molecular weight excluding hydrogens is 224 g/mol. The van der Waals surface area contributed by atoms with Gasteiger partial charge in [0, 0.05) is 31.4 Å². The zero-order valence-corrected chi connectivity index (χ0v) is 10.8. The average molecular weight is 242 g/mol. The number of hydrogen-bond acceptors (Lipinski definition) is 4. The molecule has 4 heteroatoms. The lowest BCUT2D eigenvalue weighted by Gasteiger charge is -2.07. The predicted octanol–water partition coefficient (Wildman–Crippen LogP) is 2.48. The van der Waals surface area contributed by atoms with Crippen LogP contribution in [0, 0.1) is 6.92 Å². The Labute approximate surface area is 107 Å². The molecule has 18 heavy (non-hydrogen) atoms. The van der Waals surface area contributed by atoms with Crippen LogP contribution >= 0.6 is 0 Å². The van der Waals surface area contributed by atoms with Crippen molar-refractivity contribution in [3.63, 3.8) is 0 Å². The maximum Gasteiger partial charge on any atom is 0.128 e. The average Bonchev–Trinajstić information content (AvgIpc) is 2.39. The number of nitrogens with one attached hydrogen (secondary N) is 2. The van der Waals surface area contributed by atoms with Crippen LogP contribution in [-0.4, -0.2) is 23.6 Å². The lowest BCUT2D eigenvalue weighted by Crippen LogP contribution is -2.08. The Morgan fingerprint density at radius 2 is 1.78 bits per heavy atom. The van der Waals surface area contributed by atoms with Crippen molar-refractivity contribution in [1.29, 1.82) is 0 Å². The first-order valence-electron chi connectivity index (χ1n) is 6.09. The monoisotopic (exact) mass is 242 g/mol. The summed E-state index contributed by atoms with van der Waals surface area (Å²) in [6, 6.07) is 12.0. The van der Waals surface area contributed by atoms with E-state index in [9.17, 15) is 0 Å². The Bertz CT molecular complexity index is 511. The summed E-state index contributed by atoms with van der Waals surface area (Å²) in [4.78, 5) is 8.86. The first-order valence-corrected chi connectivity index (χ1v) is 6.09. The summed E-state index contributed by atoms with van der Waals surface area (Å²) in [5, 5.41) is 6.32. The highest BCUT2D eigenvalue weighted by Gasteiger charge is 1.97. The van der Waals surface area contributed by atoms with Crippen LogP contribution in [0.3, 0.4) is 0 Å². The molecule has 0 amide bonds. The van der Waals surface area contributed by atoms with Crippen LogP contribution in [0.25, 0.3) is 0 Å². The number of aromatic nitrogens is 2. The van der Waals surface area contributed by atoms with Gasteiger partial charge in [-0.15, -0.1) is 0 Å². The van der Waals surface area contributed by atoms with Crippen molar-refractivity contribution in [2.75, 3.05) is 24.2 Å². The highest BCUT2D eigenvalue weighted by molar-refractivity contribution is 5.44. The second-order valence-electron chi connectivity index (χ2n) is 4.11. The third-order valence-corrected chi connectivity index (χ3v) is 2.64. The molecule has 0 saturated heterocycles. The Hall–Kier alpha value is -2.10. The van der Waals surface area contributed by atoms with Crippen LogP contribution in [0.15, 0.2) is 36.4 Å². The standard InChI is InChI=1S/C14H18N4/c1-11-5-3-6-12(17-11)9-10-16-14-8-4-7-13(15-2)18-14/h3-8H,9-10H2,1-2H3,(H2,15,16,18). The van der Waals surface area contributed by atoms with Crippen LogP contribution in [-0.2, 0) is 6.42 Å². The van der Waals surface area contributed by atoms with Gasteiger partial charge in [-0.1, -0.05) is 12.1 Å². The smallest absolute Gasteiger partial charge is 0.128 e. The van der Waals surface area contributed by atoms with E-state index in [2.05, 4.69) is 20.6 Å². The Morgan fingerprint density at radius 1 is 1.00 bits per heavy atom. The summed E-state index contributed by atoms with van der Waals surface area (Å²) in [5.41, 5.74) is 2.16. The van der Waals surface area contributed by atoms with Gasteiger partial charge in [0.2, 0.25) is 0 Å². The molecule has 0 spiro atoms. The second-order valence-corrected chi connectivity index (χ2v) is 4.11. The molecule has 0 aliphatic carbocycles. The van der Waals surface area contributed by atoms with Gasteiger partial charge in [-0.25, -0.2) is 4.98 Å². The second kappa shape index (κ2) is 6.00. The summed E-state index contributed by atoms with van der Waals surface area (Å²) in [6.07, 6.45) is 0.896. The fourth-order valence-corrected chi connectivity index (χ4v) is 1.73. The molecule has 94 valence electrons. The van der Waals surface area contributed by atoms with Crippen LogP contribution in [0.2, 0.25) is 0 Å². The van der Waals surface area contributed by atoms with Gasteiger partial charge < -0.3 is 10.6 Å². The van der Waals surface area contributed by atoms with Gasteiger partial charge in [-0.3, -0.25) is 4.98 Å². The maximum atomic E-state index is 4.47. The minimum absolute atomic E-state index is 0.830. The first kappa shape index (κ1) is 12.4. The normalized spacial score (nSPS) is 10.1. The molecule has 2 rings (SSSR count). The zero-order chi connectivity index (χ0) is 12.8. The number of anilines is 2. The van der Waals surface area contributed by atoms with Gasteiger partial charge in [-0.2, -0.15) is 0 Å². The fraction of sp³-hybridized carbons (Fsp3) is 0.286. The third kappa shape index (κ3) is 3.45. The number of nitrogens with zero attached hydrogens (tertiary/aromatic N) is 2. The molecule has 2 aromatic rings. The highest BCUT2D eigenvalue weighted by Crippen LogP contribution is 2.08. The molecule has 2 aromatic heterocycles. The van der Waals surface area contributed by atoms with E-state index in [1.165, 1.54) is 0 Å². The molecule has 0 aliphatic heterocycles. The molecule has 0 atom stereocenters. The van der Waals surface area contributed by atoms with Crippen LogP contribution < -0.4 is 10.6 Å². The molecule has 2 heterocycles. The molecular formula is C14H18N4. The maximum absolute atomic E-state index is 4.47. The van der Waals surface area contributed by atoms with Gasteiger partial charge in [0.15, 0.2) is 0 Å². The van der Waals surface area contributed by atoms with E-state index in [4.69, 9.17) is 0 Å². The van der Waals surface area contributed by atoms with E-state index in [0.717, 1.165) is 36.0 Å². The summed E-state index contributed by atoms with van der Waals surface area (Å²) >= 11 is 0. The lowest BCUT2D eigenvalue weighted by molar-refractivity contribution is 0.940. The minimum Gasteiger partial charge on any atom is -0.373 e. The van der Waals surface area contributed by atoms with Gasteiger partial charge in [0.1, 0.15) is 11.6 Å². The van der Waals surface area contributed by atoms with Gasteiger partial charge in [-0.05, 0) is 31.2 Å². The van der Waals surface area contributed by atoms with Crippen molar-refractivity contribution >= 4 is 11.6 Å². The van der Waals surface area contributed by atoms with Gasteiger partial charge in [0.05, 0.1) is 0 Å². The molecule has 0 fully saturated rings. The highest BCUT2D eigenvalue weighted by atomic mass is 15.0. The number of hydrogen-bond donors (Lipinski definition) is 2. The summed E-state index contributed by atoms with van der Waals surface area (Å²) in [5.74, 6) is 1.75. The van der Waals surface area contributed by atoms with E-state index in [1.807, 2.05) is 50.4 Å². The number of rotatable bonds is 5. The molecule has 2 N–H and O–H groups in total. The van der Waals surface area contributed by atoms with Crippen molar-refractivity contribution in [2.24, 2.45) is 0 Å². The molecule has 0 bridgehead atoms. The van der Waals surface area contributed by atoms with E-state index < -0.39 is 0 Å². The lowest BCUT2D eigenvalue weighted by atomic mass is 10.2. The topological polar surface area (TPSA) is 49.8 Å². The molecule has 0 radical (unpaired) electrons. The SMILES string of the molecule is CNc1cccc(NCCc2cccc(C)n2)n1. The van der Waals surface area contributed by atoms with Crippen LogP contribution in [0.5, 0.6) is 0 Å². The molecule has 0 aromatic carbocycles. The summed E-state index contributed by atoms with van der Waals surface area (Å²) < 4.78 is 0. The molecule has 4 nitrogen and oxygen atoms in total. The van der Waals surface area contributed by atoms with Crippen molar-refractivity contribution in [3.05, 3.63) is 47.8 Å². The van der Waals surface area contributed by atoms with E-state index >= 15 is 0 Å². The van der Waals surface area contributed by atoms with E-state index in [1.54, 1.807) is 0 Å². The number of pyridine rings is 2. The van der Waals surface area contributed by atoms with E-state index in [0.29, 0.717) is 0 Å². The zero-order valence-electron chi connectivity index (χ0n) is 10.8. The largest absolute Gasteiger partial charge is 0.373 e. The van der Waals surface area contributed by atoms with Gasteiger partial charge >= 0.3 is 0 Å². The predicted molar refractivity (Wildman–Crippen MR) is 75.0 cm³/mol. The Balaban J connectivity index is 1.88. The summed E-state index contributed by atoms with van der Waals surface area (Å²) in [6.45, 7) is 2.84. The van der Waals surface area contributed by atoms with Crippen molar-refractivity contribution in [2.45, 2.75) is 13.3 Å². The summed E-state index contributed by atoms with van der Waals surface area (Å²) in [7, 11) is 1.86. The molecule has 0 saturated carbocycles. The van der Waals surface area contributed by atoms with Crippen LogP contribution in [0.1, 0.15) is 11.4 Å². The van der Waals surface area contributed by atoms with Gasteiger partial charge in [0.25, 0.3) is 0 Å². The fourth-order valence-electron chi connectivity index (χ4n) is 1.73. The minimum atomic E-state index is 0.830. The Kier molecular flexibility index (Phi) is 4.12. The Morgan fingerprint density at radius 3 is 2.56 bits per heavy atom. The third-order valence-electron chi connectivity index (χ3n) is 2.64. The van der Waals surface area contributed by atoms with Crippen LogP contribution in [0.4, 0.5) is 11.6 Å². The quantitative estimate of drug-likeness (QED) is 0.845. The molecule has 0 unspecified atom stereocenters. The van der Waals surface area contributed by atoms with Crippen molar-refractivity contribution in [1.82, 2.24) is 9.97 Å². The van der Waals surface area contributed by atoms with Crippen molar-refractivity contribution < 1.29 is 0 Å². The van der Waals surface area contributed by atoms with Crippen molar-refractivity contribution in [3.8, 4) is 0 Å². The number of aryl methyl sites for hydroxylation is 1. The van der Waals surface area contributed by atoms with E-state index in [-0.39, 0.29) is 0 Å².